The van der Waals surface area contributed by atoms with Crippen molar-refractivity contribution in [3.63, 3.8) is 0 Å². The molecule has 0 aliphatic carbocycles. The monoisotopic (exact) mass is 222 g/mol. The number of benzene rings is 1. The van der Waals surface area contributed by atoms with Gasteiger partial charge >= 0.3 is 0 Å². The first-order chi connectivity index (χ1) is 7.75. The van der Waals surface area contributed by atoms with E-state index in [2.05, 4.69) is 0 Å². The molecule has 1 aromatic rings. The van der Waals surface area contributed by atoms with Crippen molar-refractivity contribution >= 4 is 5.69 Å². The van der Waals surface area contributed by atoms with E-state index in [0.29, 0.717) is 6.61 Å². The summed E-state index contributed by atoms with van der Waals surface area (Å²) >= 11 is 0. The number of hydrogen-bond acceptors (Lipinski definition) is 4. The molecule has 4 heteroatoms. The number of aliphatic hydroxyl groups excluding tert-OH is 1. The molecule has 2 rings (SSSR count). The molecule has 16 heavy (non-hydrogen) atoms. The van der Waals surface area contributed by atoms with Crippen LogP contribution in [0.1, 0.15) is 12.8 Å². The molecule has 1 aromatic carbocycles. The molecule has 1 unspecified atom stereocenters. The quantitative estimate of drug-likeness (QED) is 0.748. The molecule has 1 aliphatic rings. The van der Waals surface area contributed by atoms with Gasteiger partial charge in [-0.1, -0.05) is 0 Å². The lowest BCUT2D eigenvalue weighted by atomic mass is 10.3. The van der Waals surface area contributed by atoms with Gasteiger partial charge in [0, 0.05) is 18.8 Å². The van der Waals surface area contributed by atoms with E-state index in [-0.39, 0.29) is 6.23 Å². The van der Waals surface area contributed by atoms with E-state index in [1.807, 2.05) is 29.2 Å². The van der Waals surface area contributed by atoms with Crippen molar-refractivity contribution in [2.24, 2.45) is 0 Å². The molecule has 1 fully saturated rings. The normalized spacial score (nSPS) is 21.2. The van der Waals surface area contributed by atoms with Gasteiger partial charge < -0.3 is 15.6 Å². The van der Waals surface area contributed by atoms with Gasteiger partial charge in [-0.3, -0.25) is 4.90 Å². The van der Waals surface area contributed by atoms with Crippen LogP contribution >= 0.6 is 0 Å². The Morgan fingerprint density at radius 3 is 2.75 bits per heavy atom. The van der Waals surface area contributed by atoms with Crippen LogP contribution in [0.3, 0.4) is 0 Å². The van der Waals surface area contributed by atoms with Gasteiger partial charge in [-0.15, -0.1) is 0 Å². The summed E-state index contributed by atoms with van der Waals surface area (Å²) in [5, 5.41) is 9.58. The topological polar surface area (TPSA) is 58.7 Å². The van der Waals surface area contributed by atoms with Crippen LogP contribution < -0.4 is 10.5 Å². The average Bonchev–Trinajstić information content (AvgIpc) is 2.68. The second kappa shape index (κ2) is 5.18. The number of anilines is 1. The third kappa shape index (κ3) is 2.87. The van der Waals surface area contributed by atoms with Gasteiger partial charge in [0.15, 0.2) is 0 Å². The van der Waals surface area contributed by atoms with Crippen molar-refractivity contribution < 1.29 is 9.84 Å². The van der Waals surface area contributed by atoms with E-state index < -0.39 is 0 Å². The first kappa shape index (κ1) is 11.2. The second-order valence-corrected chi connectivity index (χ2v) is 4.08. The largest absolute Gasteiger partial charge is 0.492 e. The Balaban J connectivity index is 1.73. The Bertz CT molecular complexity index is 326. The summed E-state index contributed by atoms with van der Waals surface area (Å²) in [5.74, 6) is 0.822. The van der Waals surface area contributed by atoms with Crippen LogP contribution in [0.25, 0.3) is 0 Å². The molecular formula is C12H18N2O2. The van der Waals surface area contributed by atoms with Crippen LogP contribution in [0.5, 0.6) is 5.75 Å². The molecule has 1 atom stereocenters. The van der Waals surface area contributed by atoms with Crippen LogP contribution in [0.2, 0.25) is 0 Å². The number of hydrogen-bond donors (Lipinski definition) is 2. The SMILES string of the molecule is Nc1ccc(OCCN2CCCC2O)cc1. The molecule has 88 valence electrons. The fourth-order valence-electron chi connectivity index (χ4n) is 1.91. The summed E-state index contributed by atoms with van der Waals surface area (Å²) in [6.07, 6.45) is 1.67. The summed E-state index contributed by atoms with van der Waals surface area (Å²) in [5.41, 5.74) is 6.31. The molecule has 1 saturated heterocycles. The Kier molecular flexibility index (Phi) is 3.64. The second-order valence-electron chi connectivity index (χ2n) is 4.08. The first-order valence-electron chi connectivity index (χ1n) is 5.66. The molecule has 0 bridgehead atoms. The molecule has 1 heterocycles. The van der Waals surface area contributed by atoms with Crippen LogP contribution in [-0.4, -0.2) is 35.9 Å². The van der Waals surface area contributed by atoms with Crippen LogP contribution in [-0.2, 0) is 0 Å². The highest BCUT2D eigenvalue weighted by Gasteiger charge is 2.21. The van der Waals surface area contributed by atoms with Crippen LogP contribution in [0.15, 0.2) is 24.3 Å². The smallest absolute Gasteiger partial charge is 0.119 e. The van der Waals surface area contributed by atoms with Crippen molar-refractivity contribution in [2.45, 2.75) is 19.1 Å². The highest BCUT2D eigenvalue weighted by Crippen LogP contribution is 2.15. The maximum atomic E-state index is 9.58. The van der Waals surface area contributed by atoms with Gasteiger partial charge in [0.25, 0.3) is 0 Å². The van der Waals surface area contributed by atoms with Crippen molar-refractivity contribution in [3.8, 4) is 5.75 Å². The minimum atomic E-state index is -0.282. The number of nitrogens with zero attached hydrogens (tertiary/aromatic N) is 1. The fourth-order valence-corrected chi connectivity index (χ4v) is 1.91. The summed E-state index contributed by atoms with van der Waals surface area (Å²) in [7, 11) is 0. The van der Waals surface area contributed by atoms with E-state index in [1.54, 1.807) is 0 Å². The molecule has 0 amide bonds. The average molecular weight is 222 g/mol. The number of ether oxygens (including phenoxy) is 1. The summed E-state index contributed by atoms with van der Waals surface area (Å²) < 4.78 is 5.56. The van der Waals surface area contributed by atoms with Gasteiger partial charge in [0.1, 0.15) is 18.6 Å². The lowest BCUT2D eigenvalue weighted by molar-refractivity contribution is 0.0300. The van der Waals surface area contributed by atoms with Gasteiger partial charge in [0.2, 0.25) is 0 Å². The molecule has 4 nitrogen and oxygen atoms in total. The van der Waals surface area contributed by atoms with Gasteiger partial charge in [-0.2, -0.15) is 0 Å². The molecule has 0 saturated carbocycles. The van der Waals surface area contributed by atoms with Gasteiger partial charge in [-0.05, 0) is 37.1 Å². The zero-order valence-corrected chi connectivity index (χ0v) is 9.30. The third-order valence-electron chi connectivity index (χ3n) is 2.86. The Hall–Kier alpha value is -1.26. The lowest BCUT2D eigenvalue weighted by Gasteiger charge is -2.19. The van der Waals surface area contributed by atoms with Crippen molar-refractivity contribution in [2.75, 3.05) is 25.4 Å². The molecule has 0 radical (unpaired) electrons. The van der Waals surface area contributed by atoms with Crippen molar-refractivity contribution in [3.05, 3.63) is 24.3 Å². The number of nitrogens with two attached hydrogens (primary N) is 1. The highest BCUT2D eigenvalue weighted by molar-refractivity contribution is 5.41. The van der Waals surface area contributed by atoms with Gasteiger partial charge in [0.05, 0.1) is 0 Å². The summed E-state index contributed by atoms with van der Waals surface area (Å²) in [6, 6.07) is 7.35. The predicted octanol–water partition coefficient (Wildman–Crippen LogP) is 1.06. The Morgan fingerprint density at radius 1 is 1.38 bits per heavy atom. The Labute approximate surface area is 95.6 Å². The zero-order valence-electron chi connectivity index (χ0n) is 9.30. The maximum Gasteiger partial charge on any atom is 0.119 e. The molecule has 0 spiro atoms. The number of aliphatic hydroxyl groups is 1. The molecule has 1 aliphatic heterocycles. The van der Waals surface area contributed by atoms with Crippen LogP contribution in [0, 0.1) is 0 Å². The van der Waals surface area contributed by atoms with E-state index in [9.17, 15) is 5.11 Å². The molecule has 0 aromatic heterocycles. The van der Waals surface area contributed by atoms with E-state index in [4.69, 9.17) is 10.5 Å². The predicted molar refractivity (Wildman–Crippen MR) is 63.2 cm³/mol. The standard InChI is InChI=1S/C12H18N2O2/c13-10-3-5-11(6-4-10)16-9-8-14-7-1-2-12(14)15/h3-6,12,15H,1-2,7-9,13H2. The fraction of sp³-hybridized carbons (Fsp3) is 0.500. The first-order valence-corrected chi connectivity index (χ1v) is 5.66. The minimum absolute atomic E-state index is 0.282. The van der Waals surface area contributed by atoms with Crippen LogP contribution in [0.4, 0.5) is 5.69 Å². The summed E-state index contributed by atoms with van der Waals surface area (Å²) in [4.78, 5) is 2.04. The van der Waals surface area contributed by atoms with Crippen molar-refractivity contribution in [1.82, 2.24) is 4.90 Å². The number of rotatable bonds is 4. The van der Waals surface area contributed by atoms with E-state index in [0.717, 1.165) is 37.4 Å². The minimum Gasteiger partial charge on any atom is -0.492 e. The molecular weight excluding hydrogens is 204 g/mol. The summed E-state index contributed by atoms with van der Waals surface area (Å²) in [6.45, 7) is 2.33. The Morgan fingerprint density at radius 2 is 2.12 bits per heavy atom. The number of nitrogen functional groups attached to an aromatic ring is 1. The highest BCUT2D eigenvalue weighted by atomic mass is 16.5. The van der Waals surface area contributed by atoms with E-state index in [1.165, 1.54) is 0 Å². The zero-order chi connectivity index (χ0) is 11.4. The third-order valence-corrected chi connectivity index (χ3v) is 2.86. The maximum absolute atomic E-state index is 9.58. The number of likely N-dealkylation sites (tertiary alicyclic amines) is 1. The van der Waals surface area contributed by atoms with E-state index >= 15 is 0 Å². The van der Waals surface area contributed by atoms with Crippen molar-refractivity contribution in [1.29, 1.82) is 0 Å². The molecule has 3 N–H and O–H groups in total. The lowest BCUT2D eigenvalue weighted by Crippen LogP contribution is -2.32. The van der Waals surface area contributed by atoms with Gasteiger partial charge in [-0.25, -0.2) is 0 Å².